The van der Waals surface area contributed by atoms with Crippen LogP contribution in [0, 0.1) is 6.92 Å². The van der Waals surface area contributed by atoms with Crippen LogP contribution in [0.3, 0.4) is 0 Å². The van der Waals surface area contributed by atoms with Crippen LogP contribution in [0.1, 0.15) is 18.2 Å². The third-order valence-electron chi connectivity index (χ3n) is 4.05. The summed E-state index contributed by atoms with van der Waals surface area (Å²) in [5.41, 5.74) is 2.69. The summed E-state index contributed by atoms with van der Waals surface area (Å²) in [6.07, 6.45) is 2.76. The predicted octanol–water partition coefficient (Wildman–Crippen LogP) is 4.80. The van der Waals surface area contributed by atoms with Gasteiger partial charge in [-0.15, -0.1) is 0 Å². The van der Waals surface area contributed by atoms with Gasteiger partial charge in [0.05, 0.1) is 0 Å². The van der Waals surface area contributed by atoms with E-state index in [1.165, 1.54) is 11.8 Å². The number of hydrogen-bond acceptors (Lipinski definition) is 7. The minimum absolute atomic E-state index is 0.156. The van der Waals surface area contributed by atoms with Crippen molar-refractivity contribution in [1.82, 2.24) is 9.97 Å². The fourth-order valence-electron chi connectivity index (χ4n) is 2.72. The molecular weight excluding hydrogens is 386 g/mol. The summed E-state index contributed by atoms with van der Waals surface area (Å²) in [5, 5.41) is 3.91. The number of para-hydroxylation sites is 1. The van der Waals surface area contributed by atoms with E-state index in [9.17, 15) is 4.79 Å². The zero-order valence-corrected chi connectivity index (χ0v) is 17.5. The molecule has 0 aliphatic rings. The third kappa shape index (κ3) is 5.96. The summed E-state index contributed by atoms with van der Waals surface area (Å²) in [7, 11) is 0. The summed E-state index contributed by atoms with van der Waals surface area (Å²) in [4.78, 5) is 21.0. The first kappa shape index (κ1) is 20.7. The number of aromatic nitrogens is 2. The van der Waals surface area contributed by atoms with Gasteiger partial charge in [-0.3, -0.25) is 0 Å². The number of rotatable bonds is 8. The number of ether oxygens (including phenoxy) is 2. The van der Waals surface area contributed by atoms with Gasteiger partial charge in [0.15, 0.2) is 11.8 Å². The number of carbonyl (C=O) groups excluding carboxylic acids is 1. The van der Waals surface area contributed by atoms with Crippen molar-refractivity contribution >= 4 is 29.2 Å². The molecule has 29 heavy (non-hydrogen) atoms. The first-order valence-electron chi connectivity index (χ1n) is 9.25. The Kier molecular flexibility index (Phi) is 7.08. The monoisotopic (exact) mass is 409 g/mol. The molecule has 7 heteroatoms. The maximum absolute atomic E-state index is 12.2. The van der Waals surface area contributed by atoms with Gasteiger partial charge in [0.2, 0.25) is 0 Å². The molecule has 2 aromatic carbocycles. The largest absolute Gasteiger partial charge is 0.482 e. The maximum Gasteiger partial charge on any atom is 0.349 e. The van der Waals surface area contributed by atoms with Crippen LogP contribution in [0.5, 0.6) is 11.5 Å². The molecular formula is C22H23N3O3S. The van der Waals surface area contributed by atoms with E-state index in [-0.39, 0.29) is 6.61 Å². The Morgan fingerprint density at radius 1 is 1.10 bits per heavy atom. The molecule has 3 rings (SSSR count). The van der Waals surface area contributed by atoms with Crippen LogP contribution < -0.4 is 14.8 Å². The second-order valence-electron chi connectivity index (χ2n) is 6.26. The van der Waals surface area contributed by atoms with Crippen LogP contribution in [0.2, 0.25) is 0 Å². The Balaban J connectivity index is 1.62. The topological polar surface area (TPSA) is 73.3 Å². The van der Waals surface area contributed by atoms with Crippen LogP contribution in [-0.2, 0) is 11.2 Å². The van der Waals surface area contributed by atoms with Crippen molar-refractivity contribution in [3.8, 4) is 11.5 Å². The lowest BCUT2D eigenvalue weighted by Gasteiger charge is -2.11. The first-order valence-corrected chi connectivity index (χ1v) is 10.5. The highest BCUT2D eigenvalue weighted by atomic mass is 32.2. The van der Waals surface area contributed by atoms with E-state index in [4.69, 9.17) is 9.47 Å². The molecule has 0 atom stereocenters. The van der Waals surface area contributed by atoms with Crippen LogP contribution in [0.15, 0.2) is 59.8 Å². The Morgan fingerprint density at radius 3 is 2.72 bits per heavy atom. The number of aryl methyl sites for hydroxylation is 2. The molecule has 0 aliphatic carbocycles. The molecule has 0 unspecified atom stereocenters. The summed E-state index contributed by atoms with van der Waals surface area (Å²) in [5.74, 6) is 1.36. The summed E-state index contributed by atoms with van der Waals surface area (Å²) in [6, 6.07) is 16.7. The Labute approximate surface area is 174 Å². The molecule has 0 bridgehead atoms. The van der Waals surface area contributed by atoms with Gasteiger partial charge in [0.1, 0.15) is 17.3 Å². The van der Waals surface area contributed by atoms with Gasteiger partial charge in [-0.25, -0.2) is 14.8 Å². The molecule has 0 fully saturated rings. The lowest BCUT2D eigenvalue weighted by Crippen LogP contribution is -2.18. The van der Waals surface area contributed by atoms with Crippen LogP contribution in [0.4, 0.5) is 11.5 Å². The quantitative estimate of drug-likeness (QED) is 0.248. The number of nitrogens with zero attached hydrogens (tertiary/aromatic N) is 2. The fraction of sp³-hybridized carbons (Fsp3) is 0.227. The minimum atomic E-state index is -0.462. The Hall–Kier alpha value is -3.06. The van der Waals surface area contributed by atoms with Crippen LogP contribution >= 0.6 is 11.8 Å². The number of esters is 1. The number of hydrogen-bond donors (Lipinski definition) is 1. The molecule has 0 radical (unpaired) electrons. The highest BCUT2D eigenvalue weighted by Gasteiger charge is 2.09. The molecule has 0 amide bonds. The van der Waals surface area contributed by atoms with Gasteiger partial charge in [-0.1, -0.05) is 43.0 Å². The highest BCUT2D eigenvalue weighted by Crippen LogP contribution is 2.23. The predicted molar refractivity (Wildman–Crippen MR) is 115 cm³/mol. The third-order valence-corrected chi connectivity index (χ3v) is 4.60. The van der Waals surface area contributed by atoms with Gasteiger partial charge in [0, 0.05) is 23.5 Å². The average Bonchev–Trinajstić information content (AvgIpc) is 2.72. The zero-order chi connectivity index (χ0) is 20.6. The van der Waals surface area contributed by atoms with Gasteiger partial charge >= 0.3 is 5.97 Å². The molecule has 6 nitrogen and oxygen atoms in total. The van der Waals surface area contributed by atoms with Gasteiger partial charge in [-0.05, 0) is 43.4 Å². The number of carbonyl (C=O) groups is 1. The average molecular weight is 410 g/mol. The van der Waals surface area contributed by atoms with Gasteiger partial charge in [0.25, 0.3) is 0 Å². The zero-order valence-electron chi connectivity index (χ0n) is 16.6. The molecule has 3 aromatic rings. The van der Waals surface area contributed by atoms with E-state index < -0.39 is 5.97 Å². The highest BCUT2D eigenvalue weighted by molar-refractivity contribution is 7.98. The molecule has 0 saturated carbocycles. The molecule has 0 spiro atoms. The lowest BCUT2D eigenvalue weighted by atomic mass is 10.1. The van der Waals surface area contributed by atoms with Gasteiger partial charge in [-0.2, -0.15) is 0 Å². The summed E-state index contributed by atoms with van der Waals surface area (Å²) >= 11 is 1.48. The van der Waals surface area contributed by atoms with E-state index >= 15 is 0 Å². The molecule has 0 saturated heterocycles. The minimum Gasteiger partial charge on any atom is -0.482 e. The molecule has 150 valence electrons. The SMILES string of the molecule is CCc1ccccc1OCC(=O)Oc1cccc(Nc2cc(C)nc(SC)n2)c1. The number of benzene rings is 2. The van der Waals surface area contributed by atoms with Crippen LogP contribution in [-0.4, -0.2) is 28.8 Å². The lowest BCUT2D eigenvalue weighted by molar-refractivity contribution is -0.136. The van der Waals surface area contributed by atoms with Crippen molar-refractivity contribution in [2.75, 3.05) is 18.2 Å². The van der Waals surface area contributed by atoms with Crippen LogP contribution in [0.25, 0.3) is 0 Å². The number of thioether (sulfide) groups is 1. The Morgan fingerprint density at radius 2 is 1.93 bits per heavy atom. The van der Waals surface area contributed by atoms with Gasteiger partial charge < -0.3 is 14.8 Å². The van der Waals surface area contributed by atoms with Crippen molar-refractivity contribution in [3.63, 3.8) is 0 Å². The Bertz CT molecular complexity index is 995. The normalized spacial score (nSPS) is 10.4. The van der Waals surface area contributed by atoms with Crippen molar-refractivity contribution in [2.24, 2.45) is 0 Å². The van der Waals surface area contributed by atoms with E-state index in [0.29, 0.717) is 22.5 Å². The second kappa shape index (κ2) is 9.93. The maximum atomic E-state index is 12.2. The van der Waals surface area contributed by atoms with Crippen molar-refractivity contribution in [1.29, 1.82) is 0 Å². The molecule has 0 aliphatic heterocycles. The van der Waals surface area contributed by atoms with E-state index in [1.54, 1.807) is 12.1 Å². The van der Waals surface area contributed by atoms with Crippen molar-refractivity contribution < 1.29 is 14.3 Å². The van der Waals surface area contributed by atoms with E-state index in [0.717, 1.165) is 23.4 Å². The smallest absolute Gasteiger partial charge is 0.349 e. The van der Waals surface area contributed by atoms with E-state index in [2.05, 4.69) is 15.3 Å². The standard InChI is InChI=1S/C22H23N3O3S/c1-4-16-8-5-6-11-19(16)27-14-21(26)28-18-10-7-9-17(13-18)24-20-12-15(2)23-22(25-20)29-3/h5-13H,4,14H2,1-3H3,(H,23,24,25). The molecule has 1 aromatic heterocycles. The number of anilines is 2. The fourth-order valence-corrected chi connectivity index (χ4v) is 3.14. The molecule has 1 N–H and O–H groups in total. The summed E-state index contributed by atoms with van der Waals surface area (Å²) in [6.45, 7) is 3.80. The summed E-state index contributed by atoms with van der Waals surface area (Å²) < 4.78 is 11.0. The first-order chi connectivity index (χ1) is 14.1. The number of nitrogens with one attached hydrogen (secondary N) is 1. The molecule has 1 heterocycles. The van der Waals surface area contributed by atoms with Crippen molar-refractivity contribution in [2.45, 2.75) is 25.4 Å². The van der Waals surface area contributed by atoms with Crippen molar-refractivity contribution in [3.05, 3.63) is 65.9 Å². The second-order valence-corrected chi connectivity index (χ2v) is 7.03. The van der Waals surface area contributed by atoms with E-state index in [1.807, 2.05) is 62.6 Å².